The first-order valence-electron chi connectivity index (χ1n) is 5.69. The largest absolute Gasteiger partial charge is 0.494 e. The number of aliphatic hydroxyl groups excluding tert-OH is 1. The van der Waals surface area contributed by atoms with Crippen LogP contribution in [0.25, 0.3) is 10.4 Å². The van der Waals surface area contributed by atoms with E-state index in [0.29, 0.717) is 19.6 Å². The van der Waals surface area contributed by atoms with Crippen LogP contribution in [0.3, 0.4) is 0 Å². The second kappa shape index (κ2) is 7.54. The molecule has 17 heavy (non-hydrogen) atoms. The minimum atomic E-state index is -0.597. The highest BCUT2D eigenvalue weighted by Crippen LogP contribution is 2.20. The third kappa shape index (κ3) is 4.76. The van der Waals surface area contributed by atoms with Gasteiger partial charge in [-0.25, -0.2) is 0 Å². The molecule has 1 aromatic rings. The molecule has 0 bridgehead atoms. The number of hydrogen-bond donors (Lipinski definition) is 1. The summed E-state index contributed by atoms with van der Waals surface area (Å²) in [6.45, 7) is 3.04. The zero-order valence-electron chi connectivity index (χ0n) is 9.91. The zero-order chi connectivity index (χ0) is 12.5. The van der Waals surface area contributed by atoms with Gasteiger partial charge in [-0.15, -0.1) is 0 Å². The highest BCUT2D eigenvalue weighted by molar-refractivity contribution is 5.28. The monoisotopic (exact) mass is 235 g/mol. The van der Waals surface area contributed by atoms with Crippen LogP contribution >= 0.6 is 0 Å². The van der Waals surface area contributed by atoms with E-state index in [-0.39, 0.29) is 0 Å². The van der Waals surface area contributed by atoms with Crippen LogP contribution in [0.2, 0.25) is 0 Å². The average molecular weight is 235 g/mol. The van der Waals surface area contributed by atoms with Crippen molar-refractivity contribution in [2.75, 3.05) is 13.2 Å². The highest BCUT2D eigenvalue weighted by Gasteiger charge is 2.06. The van der Waals surface area contributed by atoms with Gasteiger partial charge in [-0.1, -0.05) is 24.2 Å². The van der Waals surface area contributed by atoms with Crippen molar-refractivity contribution in [2.45, 2.75) is 25.9 Å². The zero-order valence-corrected chi connectivity index (χ0v) is 9.91. The van der Waals surface area contributed by atoms with Crippen LogP contribution in [0.1, 0.15) is 31.4 Å². The van der Waals surface area contributed by atoms with E-state index >= 15 is 0 Å². The molecular formula is C12H17N3O2. The molecule has 0 amide bonds. The summed E-state index contributed by atoms with van der Waals surface area (Å²) in [7, 11) is 0. The molecule has 0 aliphatic heterocycles. The van der Waals surface area contributed by atoms with Crippen molar-refractivity contribution in [3.05, 3.63) is 40.3 Å². The summed E-state index contributed by atoms with van der Waals surface area (Å²) in [5.41, 5.74) is 8.94. The standard InChI is InChI=1S/C12H17N3O2/c1-2-9-17-11-5-3-10(4-6-11)12(16)7-8-14-15-13/h3-6,12,16H,2,7-9H2,1H3. The lowest BCUT2D eigenvalue weighted by atomic mass is 10.1. The molecule has 1 atom stereocenters. The topological polar surface area (TPSA) is 78.2 Å². The fraction of sp³-hybridized carbons (Fsp3) is 0.500. The van der Waals surface area contributed by atoms with Gasteiger partial charge in [-0.3, -0.25) is 0 Å². The molecule has 92 valence electrons. The van der Waals surface area contributed by atoms with Crippen LogP contribution in [0, 0.1) is 0 Å². The molecule has 0 radical (unpaired) electrons. The lowest BCUT2D eigenvalue weighted by molar-refractivity contribution is 0.170. The summed E-state index contributed by atoms with van der Waals surface area (Å²) in [4.78, 5) is 2.64. The first-order chi connectivity index (χ1) is 8.27. The molecule has 1 N–H and O–H groups in total. The van der Waals surface area contributed by atoms with Gasteiger partial charge in [-0.05, 0) is 36.1 Å². The molecule has 1 unspecified atom stereocenters. The Morgan fingerprint density at radius 3 is 2.71 bits per heavy atom. The van der Waals surface area contributed by atoms with E-state index in [9.17, 15) is 5.11 Å². The van der Waals surface area contributed by atoms with E-state index in [0.717, 1.165) is 17.7 Å². The SMILES string of the molecule is CCCOc1ccc(C(O)CCN=[N+]=[N-])cc1. The van der Waals surface area contributed by atoms with Gasteiger partial charge < -0.3 is 9.84 Å². The van der Waals surface area contributed by atoms with E-state index in [1.54, 1.807) is 0 Å². The lowest BCUT2D eigenvalue weighted by Gasteiger charge is -2.10. The van der Waals surface area contributed by atoms with E-state index in [1.807, 2.05) is 31.2 Å². The van der Waals surface area contributed by atoms with Gasteiger partial charge in [0.05, 0.1) is 12.7 Å². The fourth-order valence-electron chi connectivity index (χ4n) is 1.40. The van der Waals surface area contributed by atoms with Crippen LogP contribution in [-0.4, -0.2) is 18.3 Å². The number of hydrogen-bond acceptors (Lipinski definition) is 3. The second-order valence-electron chi connectivity index (χ2n) is 3.68. The molecule has 5 heteroatoms. The van der Waals surface area contributed by atoms with Crippen LogP contribution < -0.4 is 4.74 Å². The fourth-order valence-corrected chi connectivity index (χ4v) is 1.40. The van der Waals surface area contributed by atoms with Crippen molar-refractivity contribution in [1.82, 2.24) is 0 Å². The smallest absolute Gasteiger partial charge is 0.119 e. The molecule has 0 aromatic heterocycles. The average Bonchev–Trinajstić information content (AvgIpc) is 2.37. The summed E-state index contributed by atoms with van der Waals surface area (Å²) in [6.07, 6.45) is 0.802. The number of azide groups is 1. The first-order valence-corrected chi connectivity index (χ1v) is 5.69. The van der Waals surface area contributed by atoms with Gasteiger partial charge in [0.25, 0.3) is 0 Å². The Kier molecular flexibility index (Phi) is 5.93. The molecule has 1 aromatic carbocycles. The predicted molar refractivity (Wildman–Crippen MR) is 65.8 cm³/mol. The van der Waals surface area contributed by atoms with Gasteiger partial charge in [0.1, 0.15) is 5.75 Å². The Morgan fingerprint density at radius 1 is 1.41 bits per heavy atom. The molecule has 0 heterocycles. The normalized spacial score (nSPS) is 11.6. The molecule has 0 fully saturated rings. The van der Waals surface area contributed by atoms with E-state index in [2.05, 4.69) is 10.0 Å². The van der Waals surface area contributed by atoms with E-state index < -0.39 is 6.10 Å². The van der Waals surface area contributed by atoms with Crippen molar-refractivity contribution in [1.29, 1.82) is 0 Å². The maximum Gasteiger partial charge on any atom is 0.119 e. The minimum absolute atomic E-state index is 0.297. The highest BCUT2D eigenvalue weighted by atomic mass is 16.5. The van der Waals surface area contributed by atoms with Gasteiger partial charge in [0.15, 0.2) is 0 Å². The number of nitrogens with zero attached hydrogens (tertiary/aromatic N) is 3. The maximum atomic E-state index is 9.79. The molecular weight excluding hydrogens is 218 g/mol. The van der Waals surface area contributed by atoms with Crippen molar-refractivity contribution >= 4 is 0 Å². The van der Waals surface area contributed by atoms with Crippen LogP contribution in [-0.2, 0) is 0 Å². The van der Waals surface area contributed by atoms with Gasteiger partial charge in [0, 0.05) is 11.5 Å². The third-order valence-corrected chi connectivity index (χ3v) is 2.30. The third-order valence-electron chi connectivity index (χ3n) is 2.30. The number of rotatable bonds is 7. The molecule has 0 saturated heterocycles. The quantitative estimate of drug-likeness (QED) is 0.447. The molecule has 0 spiro atoms. The summed E-state index contributed by atoms with van der Waals surface area (Å²) >= 11 is 0. The summed E-state index contributed by atoms with van der Waals surface area (Å²) in [5, 5.41) is 13.2. The van der Waals surface area contributed by atoms with Gasteiger partial charge >= 0.3 is 0 Å². The maximum absolute atomic E-state index is 9.79. The lowest BCUT2D eigenvalue weighted by Crippen LogP contribution is -2.00. The number of ether oxygens (including phenoxy) is 1. The number of aliphatic hydroxyl groups is 1. The van der Waals surface area contributed by atoms with Crippen LogP contribution in [0.5, 0.6) is 5.75 Å². The first kappa shape index (κ1) is 13.4. The molecule has 0 aliphatic rings. The van der Waals surface area contributed by atoms with Gasteiger partial charge in [-0.2, -0.15) is 0 Å². The molecule has 1 rings (SSSR count). The van der Waals surface area contributed by atoms with Crippen molar-refractivity contribution < 1.29 is 9.84 Å². The molecule has 5 nitrogen and oxygen atoms in total. The van der Waals surface area contributed by atoms with E-state index in [4.69, 9.17) is 10.3 Å². The second-order valence-corrected chi connectivity index (χ2v) is 3.68. The minimum Gasteiger partial charge on any atom is -0.494 e. The molecule has 0 saturated carbocycles. The van der Waals surface area contributed by atoms with Crippen molar-refractivity contribution in [2.24, 2.45) is 5.11 Å². The Bertz CT molecular complexity index is 372. The van der Waals surface area contributed by atoms with Crippen LogP contribution in [0.4, 0.5) is 0 Å². The summed E-state index contributed by atoms with van der Waals surface area (Å²) in [5.74, 6) is 0.804. The summed E-state index contributed by atoms with van der Waals surface area (Å²) in [6, 6.07) is 7.32. The molecule has 0 aliphatic carbocycles. The van der Waals surface area contributed by atoms with E-state index in [1.165, 1.54) is 0 Å². The predicted octanol–water partition coefficient (Wildman–Crippen LogP) is 3.21. The van der Waals surface area contributed by atoms with Gasteiger partial charge in [0.2, 0.25) is 0 Å². The Balaban J connectivity index is 2.51. The Labute approximate surface area is 101 Å². The Hall–Kier alpha value is -1.71. The summed E-state index contributed by atoms with van der Waals surface area (Å²) < 4.78 is 5.44. The van der Waals surface area contributed by atoms with Crippen molar-refractivity contribution in [3.63, 3.8) is 0 Å². The van der Waals surface area contributed by atoms with Crippen molar-refractivity contribution in [3.8, 4) is 5.75 Å². The number of benzene rings is 1. The Morgan fingerprint density at radius 2 is 2.12 bits per heavy atom. The van der Waals surface area contributed by atoms with Crippen LogP contribution in [0.15, 0.2) is 29.4 Å².